The topological polar surface area (TPSA) is 42.3 Å². The van der Waals surface area contributed by atoms with Gasteiger partial charge in [-0.3, -0.25) is 4.68 Å². The average molecular weight is 286 g/mol. The first kappa shape index (κ1) is 16.9. The summed E-state index contributed by atoms with van der Waals surface area (Å²) in [6.45, 7) is 7.73. The van der Waals surface area contributed by atoms with Crippen molar-refractivity contribution in [1.82, 2.24) is 20.0 Å². The molecular weight excluding hydrogens is 259 g/mol. The van der Waals surface area contributed by atoms with Crippen molar-refractivity contribution < 1.29 is 9.13 Å². The lowest BCUT2D eigenvalue weighted by atomic mass is 10.1. The summed E-state index contributed by atoms with van der Waals surface area (Å²) in [5, 5.41) is 7.39. The van der Waals surface area contributed by atoms with Crippen molar-refractivity contribution in [3.05, 3.63) is 11.9 Å². The number of hydrogen-bond acceptors (Lipinski definition) is 4. The molecule has 5 nitrogen and oxygen atoms in total. The summed E-state index contributed by atoms with van der Waals surface area (Å²) in [5.41, 5.74) is 0.387. The van der Waals surface area contributed by atoms with Gasteiger partial charge >= 0.3 is 0 Å². The number of alkyl halides is 1. The van der Waals surface area contributed by atoms with Crippen molar-refractivity contribution in [3.8, 4) is 5.75 Å². The Hall–Kier alpha value is -1.14. The van der Waals surface area contributed by atoms with Gasteiger partial charge in [0.05, 0.1) is 19.9 Å². The van der Waals surface area contributed by atoms with E-state index >= 15 is 0 Å². The van der Waals surface area contributed by atoms with Gasteiger partial charge in [-0.15, -0.1) is 0 Å². The maximum atomic E-state index is 14.5. The fourth-order valence-corrected chi connectivity index (χ4v) is 1.82. The molecule has 0 spiro atoms. The van der Waals surface area contributed by atoms with Crippen LogP contribution in [0.25, 0.3) is 0 Å². The van der Waals surface area contributed by atoms with Gasteiger partial charge in [0.15, 0.2) is 11.9 Å². The van der Waals surface area contributed by atoms with Crippen LogP contribution < -0.4 is 10.1 Å². The van der Waals surface area contributed by atoms with Gasteiger partial charge < -0.3 is 15.0 Å². The van der Waals surface area contributed by atoms with Crippen LogP contribution in [0, 0.1) is 0 Å². The number of halogens is 1. The number of ether oxygens (including phenoxy) is 1. The Bertz CT molecular complexity index is 412. The zero-order valence-electron chi connectivity index (χ0n) is 13.4. The molecule has 0 aliphatic carbocycles. The molecule has 20 heavy (non-hydrogen) atoms. The average Bonchev–Trinajstić information content (AvgIpc) is 2.75. The van der Waals surface area contributed by atoms with E-state index in [0.29, 0.717) is 18.0 Å². The van der Waals surface area contributed by atoms with Crippen LogP contribution >= 0.6 is 0 Å². The number of nitrogens with zero attached hydrogens (tertiary/aromatic N) is 3. The van der Waals surface area contributed by atoms with E-state index in [1.54, 1.807) is 18.0 Å². The predicted octanol–water partition coefficient (Wildman–Crippen LogP) is 1.85. The fraction of sp³-hybridized carbons (Fsp3) is 0.786. The SMILES string of the molecule is COc1cnn(CCN(C)C)c1C(F)CNC(C)(C)C. The van der Waals surface area contributed by atoms with Gasteiger partial charge in [-0.05, 0) is 34.9 Å². The number of nitrogens with one attached hydrogen (secondary N) is 1. The third-order valence-electron chi connectivity index (χ3n) is 2.93. The molecule has 1 heterocycles. The summed E-state index contributed by atoms with van der Waals surface area (Å²) in [5.74, 6) is 0.506. The Labute approximate surface area is 121 Å². The van der Waals surface area contributed by atoms with Crippen molar-refractivity contribution in [3.63, 3.8) is 0 Å². The maximum absolute atomic E-state index is 14.5. The lowest BCUT2D eigenvalue weighted by Crippen LogP contribution is -2.38. The van der Waals surface area contributed by atoms with Gasteiger partial charge in [-0.2, -0.15) is 5.10 Å². The number of aromatic nitrogens is 2. The first-order valence-electron chi connectivity index (χ1n) is 6.88. The second-order valence-corrected chi connectivity index (χ2v) is 6.22. The van der Waals surface area contributed by atoms with Crippen LogP contribution in [0.1, 0.15) is 32.6 Å². The van der Waals surface area contributed by atoms with Crippen LogP contribution in [0.3, 0.4) is 0 Å². The Balaban J connectivity index is 2.81. The van der Waals surface area contributed by atoms with Crippen LogP contribution in [-0.4, -0.2) is 54.5 Å². The number of hydrogen-bond donors (Lipinski definition) is 1. The van der Waals surface area contributed by atoms with Gasteiger partial charge in [0.1, 0.15) is 5.69 Å². The summed E-state index contributed by atoms with van der Waals surface area (Å²) >= 11 is 0. The predicted molar refractivity (Wildman–Crippen MR) is 78.9 cm³/mol. The molecule has 1 aromatic heterocycles. The second kappa shape index (κ2) is 7.04. The summed E-state index contributed by atoms with van der Waals surface area (Å²) in [6.07, 6.45) is 0.433. The van der Waals surface area contributed by atoms with E-state index < -0.39 is 6.17 Å². The molecule has 0 amide bonds. The van der Waals surface area contributed by atoms with Crippen molar-refractivity contribution in [1.29, 1.82) is 0 Å². The molecule has 0 aliphatic heterocycles. The molecule has 1 aromatic rings. The summed E-state index contributed by atoms with van der Waals surface area (Å²) in [4.78, 5) is 2.04. The van der Waals surface area contributed by atoms with Crippen LogP contribution in [0.15, 0.2) is 6.20 Å². The van der Waals surface area contributed by atoms with E-state index in [2.05, 4.69) is 10.4 Å². The molecular formula is C14H27FN4O. The van der Waals surface area contributed by atoms with Crippen LogP contribution in [0.2, 0.25) is 0 Å². The van der Waals surface area contributed by atoms with E-state index in [-0.39, 0.29) is 12.1 Å². The summed E-state index contributed by atoms with van der Waals surface area (Å²) in [7, 11) is 5.50. The van der Waals surface area contributed by atoms with Gasteiger partial charge in [-0.25, -0.2) is 4.39 Å². The van der Waals surface area contributed by atoms with E-state index in [0.717, 1.165) is 6.54 Å². The Morgan fingerprint density at radius 3 is 2.60 bits per heavy atom. The van der Waals surface area contributed by atoms with Gasteiger partial charge in [-0.1, -0.05) is 0 Å². The van der Waals surface area contributed by atoms with Gasteiger partial charge in [0, 0.05) is 18.6 Å². The first-order chi connectivity index (χ1) is 9.24. The highest BCUT2D eigenvalue weighted by Gasteiger charge is 2.23. The number of rotatable bonds is 7. The molecule has 0 aliphatic rings. The van der Waals surface area contributed by atoms with E-state index in [1.807, 2.05) is 39.8 Å². The quantitative estimate of drug-likeness (QED) is 0.831. The molecule has 1 atom stereocenters. The molecule has 0 aromatic carbocycles. The zero-order chi connectivity index (χ0) is 15.3. The summed E-state index contributed by atoms with van der Waals surface area (Å²) in [6, 6.07) is 0. The van der Waals surface area contributed by atoms with E-state index in [4.69, 9.17) is 4.74 Å². The van der Waals surface area contributed by atoms with Crippen molar-refractivity contribution in [2.45, 2.75) is 39.0 Å². The zero-order valence-corrected chi connectivity index (χ0v) is 13.4. The minimum Gasteiger partial charge on any atom is -0.493 e. The van der Waals surface area contributed by atoms with Crippen LogP contribution in [0.4, 0.5) is 4.39 Å². The summed E-state index contributed by atoms with van der Waals surface area (Å²) < 4.78 is 21.4. The lowest BCUT2D eigenvalue weighted by molar-refractivity contribution is 0.263. The minimum absolute atomic E-state index is 0.119. The molecule has 1 unspecified atom stereocenters. The molecule has 1 rings (SSSR count). The highest BCUT2D eigenvalue weighted by atomic mass is 19.1. The van der Waals surface area contributed by atoms with E-state index in [9.17, 15) is 4.39 Å². The monoisotopic (exact) mass is 286 g/mol. The molecule has 0 radical (unpaired) electrons. The third-order valence-corrected chi connectivity index (χ3v) is 2.93. The molecule has 6 heteroatoms. The highest BCUT2D eigenvalue weighted by molar-refractivity contribution is 5.27. The Morgan fingerprint density at radius 2 is 2.10 bits per heavy atom. The highest BCUT2D eigenvalue weighted by Crippen LogP contribution is 2.27. The fourth-order valence-electron chi connectivity index (χ4n) is 1.82. The van der Waals surface area contributed by atoms with Gasteiger partial charge in [0.25, 0.3) is 0 Å². The number of likely N-dealkylation sites (N-methyl/N-ethyl adjacent to an activating group) is 1. The standard InChI is InChI=1S/C14H27FN4O/c1-14(2,3)16-9-11(15)13-12(20-6)10-17-19(13)8-7-18(4)5/h10-11,16H,7-9H2,1-6H3. The smallest absolute Gasteiger partial charge is 0.163 e. The van der Waals surface area contributed by atoms with Crippen molar-refractivity contribution in [2.24, 2.45) is 0 Å². The lowest BCUT2D eigenvalue weighted by Gasteiger charge is -2.23. The molecule has 1 N–H and O–H groups in total. The largest absolute Gasteiger partial charge is 0.493 e. The van der Waals surface area contributed by atoms with Crippen LogP contribution in [0.5, 0.6) is 5.75 Å². The van der Waals surface area contributed by atoms with E-state index in [1.165, 1.54) is 0 Å². The van der Waals surface area contributed by atoms with Crippen molar-refractivity contribution >= 4 is 0 Å². The van der Waals surface area contributed by atoms with Crippen LogP contribution in [-0.2, 0) is 6.54 Å². The molecule has 0 bridgehead atoms. The minimum atomic E-state index is -1.14. The molecule has 0 saturated carbocycles. The molecule has 0 saturated heterocycles. The first-order valence-corrected chi connectivity index (χ1v) is 6.88. The maximum Gasteiger partial charge on any atom is 0.163 e. The normalized spacial score (nSPS) is 13.8. The van der Waals surface area contributed by atoms with Crippen molar-refractivity contribution in [2.75, 3.05) is 34.3 Å². The molecule has 116 valence electrons. The second-order valence-electron chi connectivity index (χ2n) is 6.22. The molecule has 0 fully saturated rings. The number of methoxy groups -OCH3 is 1. The van der Waals surface area contributed by atoms with Gasteiger partial charge in [0.2, 0.25) is 0 Å². The Morgan fingerprint density at radius 1 is 1.45 bits per heavy atom. The Kier molecular flexibility index (Phi) is 5.95. The third kappa shape index (κ3) is 5.09.